The number of hydrogen-bond donors (Lipinski definition) is 1. The number of aryl methyl sites for hydroxylation is 2. The molecule has 4 rings (SSSR count). The zero-order valence-electron chi connectivity index (χ0n) is 16.2. The van der Waals surface area contributed by atoms with Crippen molar-refractivity contribution in [1.29, 1.82) is 0 Å². The molecule has 1 aliphatic heterocycles. The van der Waals surface area contributed by atoms with Gasteiger partial charge >= 0.3 is 10.2 Å². The van der Waals surface area contributed by atoms with Crippen LogP contribution in [0.25, 0.3) is 10.1 Å². The highest BCUT2D eigenvalue weighted by Gasteiger charge is 2.33. The third kappa shape index (κ3) is 3.67. The van der Waals surface area contributed by atoms with E-state index < -0.39 is 10.2 Å². The fraction of sp³-hybridized carbons (Fsp3) is 0.333. The number of thiophene rings is 1. The Labute approximate surface area is 170 Å². The lowest BCUT2D eigenvalue weighted by Crippen LogP contribution is -2.51. The fourth-order valence-corrected chi connectivity index (χ4v) is 6.62. The van der Waals surface area contributed by atoms with E-state index in [4.69, 9.17) is 0 Å². The van der Waals surface area contributed by atoms with Crippen molar-refractivity contribution >= 4 is 36.6 Å². The van der Waals surface area contributed by atoms with Crippen LogP contribution >= 0.6 is 11.3 Å². The van der Waals surface area contributed by atoms with Gasteiger partial charge in [-0.05, 0) is 36.4 Å². The minimum absolute atomic E-state index is 0.334. The molecule has 7 heteroatoms. The van der Waals surface area contributed by atoms with Gasteiger partial charge in [0.05, 0.1) is 6.54 Å². The first kappa shape index (κ1) is 19.4. The van der Waals surface area contributed by atoms with Gasteiger partial charge in [-0.15, -0.1) is 11.3 Å². The second-order valence-electron chi connectivity index (χ2n) is 7.18. The maximum atomic E-state index is 13.6. The summed E-state index contributed by atoms with van der Waals surface area (Å²) in [6.07, 6.45) is 0. The molecule has 148 valence electrons. The number of nitrogens with one attached hydrogen (secondary N) is 1. The van der Waals surface area contributed by atoms with E-state index in [1.165, 1.54) is 5.56 Å². The van der Waals surface area contributed by atoms with Crippen molar-refractivity contribution in [1.82, 2.24) is 9.62 Å². The number of benzene rings is 2. The minimum Gasteiger partial charge on any atom is -0.314 e. The smallest absolute Gasteiger partial charge is 0.305 e. The quantitative estimate of drug-likeness (QED) is 0.692. The van der Waals surface area contributed by atoms with Crippen LogP contribution in [-0.4, -0.2) is 38.9 Å². The van der Waals surface area contributed by atoms with Gasteiger partial charge in [0.2, 0.25) is 0 Å². The number of fused-ring (bicyclic) bond motifs is 1. The van der Waals surface area contributed by atoms with E-state index in [0.717, 1.165) is 26.2 Å². The van der Waals surface area contributed by atoms with Crippen molar-refractivity contribution in [2.75, 3.05) is 30.5 Å². The summed E-state index contributed by atoms with van der Waals surface area (Å²) in [5.74, 6) is 0. The van der Waals surface area contributed by atoms with E-state index in [1.54, 1.807) is 19.9 Å². The molecule has 2 heterocycles. The Morgan fingerprint density at radius 2 is 1.71 bits per heavy atom. The van der Waals surface area contributed by atoms with Crippen molar-refractivity contribution in [2.45, 2.75) is 20.4 Å². The van der Waals surface area contributed by atoms with Crippen LogP contribution in [0.1, 0.15) is 16.7 Å². The molecule has 2 aromatic carbocycles. The molecular weight excluding hydrogens is 390 g/mol. The zero-order valence-corrected chi connectivity index (χ0v) is 17.8. The van der Waals surface area contributed by atoms with Crippen LogP contribution in [0.3, 0.4) is 0 Å². The number of piperazine rings is 1. The average molecular weight is 416 g/mol. The molecule has 0 saturated carbocycles. The molecule has 1 N–H and O–H groups in total. The SMILES string of the molecule is Cc1ccc(CN(c2sc3ccccc3c2C)S(=O)(=O)N2CCNCC2)cc1. The minimum atomic E-state index is -3.62. The van der Waals surface area contributed by atoms with Crippen molar-refractivity contribution in [3.8, 4) is 0 Å². The molecule has 0 atom stereocenters. The van der Waals surface area contributed by atoms with E-state index in [-0.39, 0.29) is 0 Å². The van der Waals surface area contributed by atoms with Crippen molar-refractivity contribution < 1.29 is 8.42 Å². The normalized spacial score (nSPS) is 15.8. The monoisotopic (exact) mass is 415 g/mol. The standard InChI is InChI=1S/C21H25N3O2S2/c1-16-7-9-18(10-8-16)15-24(28(25,26)23-13-11-22-12-14-23)21-17(2)19-5-3-4-6-20(19)27-21/h3-10,22H,11-15H2,1-2H3. The molecule has 0 amide bonds. The van der Waals surface area contributed by atoms with Crippen LogP contribution < -0.4 is 9.62 Å². The first-order chi connectivity index (χ1) is 13.5. The lowest BCUT2D eigenvalue weighted by Gasteiger charge is -2.33. The topological polar surface area (TPSA) is 52.7 Å². The second kappa shape index (κ2) is 7.83. The van der Waals surface area contributed by atoms with E-state index in [2.05, 4.69) is 17.4 Å². The third-order valence-electron chi connectivity index (χ3n) is 5.17. The van der Waals surface area contributed by atoms with Gasteiger partial charge in [-0.25, -0.2) is 4.31 Å². The van der Waals surface area contributed by atoms with Crippen molar-refractivity contribution in [3.05, 3.63) is 65.2 Å². The Morgan fingerprint density at radius 1 is 1.04 bits per heavy atom. The third-order valence-corrected chi connectivity index (χ3v) is 8.47. The summed E-state index contributed by atoms with van der Waals surface area (Å²) in [5.41, 5.74) is 3.17. The van der Waals surface area contributed by atoms with Gasteiger partial charge in [0.25, 0.3) is 0 Å². The number of rotatable bonds is 5. The Bertz CT molecular complexity index is 1070. The summed E-state index contributed by atoms with van der Waals surface area (Å²) in [5, 5.41) is 5.16. The highest BCUT2D eigenvalue weighted by Crippen LogP contribution is 2.40. The summed E-state index contributed by atoms with van der Waals surface area (Å²) in [7, 11) is -3.62. The zero-order chi connectivity index (χ0) is 19.7. The maximum absolute atomic E-state index is 13.6. The van der Waals surface area contributed by atoms with Gasteiger partial charge in [0.15, 0.2) is 0 Å². The van der Waals surface area contributed by atoms with Crippen LogP contribution in [-0.2, 0) is 16.8 Å². The van der Waals surface area contributed by atoms with Crippen LogP contribution in [0.2, 0.25) is 0 Å². The summed E-state index contributed by atoms with van der Waals surface area (Å²) >= 11 is 1.55. The maximum Gasteiger partial charge on any atom is 0.305 e. The molecule has 5 nitrogen and oxygen atoms in total. The number of anilines is 1. The van der Waals surface area contributed by atoms with Crippen molar-refractivity contribution in [3.63, 3.8) is 0 Å². The Hall–Kier alpha value is -1.93. The van der Waals surface area contributed by atoms with Crippen molar-refractivity contribution in [2.24, 2.45) is 0 Å². The fourth-order valence-electron chi connectivity index (χ4n) is 3.53. The Kier molecular flexibility index (Phi) is 5.42. The molecule has 28 heavy (non-hydrogen) atoms. The molecule has 1 aliphatic rings. The van der Waals surface area contributed by atoms with Gasteiger partial charge in [0.1, 0.15) is 5.00 Å². The second-order valence-corrected chi connectivity index (χ2v) is 10.1. The lowest BCUT2D eigenvalue weighted by atomic mass is 10.1. The molecule has 1 aromatic heterocycles. The lowest BCUT2D eigenvalue weighted by molar-refractivity contribution is 0.358. The van der Waals surface area contributed by atoms with Gasteiger partial charge in [-0.2, -0.15) is 12.7 Å². The van der Waals surface area contributed by atoms with Crippen LogP contribution in [0, 0.1) is 13.8 Å². The van der Waals surface area contributed by atoms with E-state index in [1.807, 2.05) is 50.2 Å². The van der Waals surface area contributed by atoms with Gasteiger partial charge in [0, 0.05) is 30.9 Å². The van der Waals surface area contributed by atoms with E-state index in [9.17, 15) is 8.42 Å². The predicted octanol–water partition coefficient (Wildman–Crippen LogP) is 3.67. The number of nitrogens with zero attached hydrogens (tertiary/aromatic N) is 2. The van der Waals surface area contributed by atoms with E-state index >= 15 is 0 Å². The molecule has 0 unspecified atom stereocenters. The molecule has 0 aliphatic carbocycles. The molecular formula is C21H25N3O2S2. The molecule has 1 saturated heterocycles. The predicted molar refractivity (Wildman–Crippen MR) is 117 cm³/mol. The van der Waals surface area contributed by atoms with Gasteiger partial charge < -0.3 is 5.32 Å². The van der Waals surface area contributed by atoms with E-state index in [0.29, 0.717) is 32.7 Å². The molecule has 3 aromatic rings. The molecule has 0 radical (unpaired) electrons. The Morgan fingerprint density at radius 3 is 2.39 bits per heavy atom. The number of hydrogen-bond acceptors (Lipinski definition) is 4. The first-order valence-electron chi connectivity index (χ1n) is 9.49. The largest absolute Gasteiger partial charge is 0.314 e. The van der Waals surface area contributed by atoms with Crippen LogP contribution in [0.5, 0.6) is 0 Å². The van der Waals surface area contributed by atoms with Crippen LogP contribution in [0.4, 0.5) is 5.00 Å². The van der Waals surface area contributed by atoms with Gasteiger partial charge in [-0.1, -0.05) is 48.0 Å². The van der Waals surface area contributed by atoms with Gasteiger partial charge in [-0.3, -0.25) is 0 Å². The summed E-state index contributed by atoms with van der Waals surface area (Å²) in [4.78, 5) is 0. The molecule has 1 fully saturated rings. The highest BCUT2D eigenvalue weighted by atomic mass is 32.2. The Balaban J connectivity index is 1.80. The first-order valence-corrected chi connectivity index (χ1v) is 11.7. The van der Waals surface area contributed by atoms with Crippen LogP contribution in [0.15, 0.2) is 48.5 Å². The molecule has 0 bridgehead atoms. The summed E-state index contributed by atoms with van der Waals surface area (Å²) < 4.78 is 31.5. The highest BCUT2D eigenvalue weighted by molar-refractivity contribution is 7.90. The summed E-state index contributed by atoms with van der Waals surface area (Å²) in [6.45, 7) is 6.75. The summed E-state index contributed by atoms with van der Waals surface area (Å²) in [6, 6.07) is 16.2. The average Bonchev–Trinajstić information content (AvgIpc) is 3.04. The molecule has 0 spiro atoms.